The van der Waals surface area contributed by atoms with Crippen LogP contribution in [0, 0.1) is 0 Å². The first kappa shape index (κ1) is 12.9. The van der Waals surface area contributed by atoms with Gasteiger partial charge in [0.2, 0.25) is 5.91 Å². The Labute approximate surface area is 97.1 Å². The molecule has 0 atom stereocenters. The second kappa shape index (κ2) is 5.78. The highest BCUT2D eigenvalue weighted by molar-refractivity contribution is 5.84. The van der Waals surface area contributed by atoms with Gasteiger partial charge in [0.25, 0.3) is 5.56 Å². The van der Waals surface area contributed by atoms with Crippen molar-refractivity contribution in [2.75, 3.05) is 7.05 Å². The Balaban J connectivity index is 2.70. The molecule has 0 spiro atoms. The average Bonchev–Trinajstić information content (AvgIpc) is 2.30. The molecule has 0 aromatic carbocycles. The molecule has 1 amide bonds. The molecule has 0 saturated heterocycles. The summed E-state index contributed by atoms with van der Waals surface area (Å²) in [6, 6.07) is 2.30. The number of aromatic carboxylic acids is 1. The summed E-state index contributed by atoms with van der Waals surface area (Å²) < 4.78 is 1.05. The number of hydrogen-bond acceptors (Lipinski definition) is 4. The van der Waals surface area contributed by atoms with Gasteiger partial charge in [-0.15, -0.1) is 0 Å². The summed E-state index contributed by atoms with van der Waals surface area (Å²) in [5.41, 5.74) is -0.573. The number of nitrogens with zero attached hydrogens (tertiary/aromatic N) is 2. The van der Waals surface area contributed by atoms with Crippen LogP contribution in [-0.2, 0) is 11.3 Å². The van der Waals surface area contributed by atoms with Crippen molar-refractivity contribution in [3.05, 3.63) is 28.2 Å². The summed E-state index contributed by atoms with van der Waals surface area (Å²) in [6.45, 7) is 0.216. The van der Waals surface area contributed by atoms with Gasteiger partial charge < -0.3 is 10.4 Å². The minimum atomic E-state index is -1.19. The minimum absolute atomic E-state index is 0.132. The van der Waals surface area contributed by atoms with Crippen LogP contribution in [0.4, 0.5) is 0 Å². The Bertz CT molecular complexity index is 481. The minimum Gasteiger partial charge on any atom is -0.476 e. The number of carboxylic acids is 1. The molecule has 0 radical (unpaired) electrons. The fourth-order valence-electron chi connectivity index (χ4n) is 1.24. The molecule has 0 aliphatic heterocycles. The van der Waals surface area contributed by atoms with Crippen LogP contribution < -0.4 is 10.9 Å². The smallest absolute Gasteiger partial charge is 0.356 e. The molecule has 92 valence electrons. The Morgan fingerprint density at radius 2 is 2.18 bits per heavy atom. The van der Waals surface area contributed by atoms with Gasteiger partial charge in [0.05, 0.1) is 0 Å². The van der Waals surface area contributed by atoms with Crippen molar-refractivity contribution in [3.63, 3.8) is 0 Å². The van der Waals surface area contributed by atoms with E-state index >= 15 is 0 Å². The molecular weight excluding hydrogens is 226 g/mol. The molecule has 1 aromatic heterocycles. The molecule has 17 heavy (non-hydrogen) atoms. The van der Waals surface area contributed by atoms with Gasteiger partial charge in [-0.2, -0.15) is 5.10 Å². The molecule has 1 heterocycles. The van der Waals surface area contributed by atoms with Gasteiger partial charge in [-0.1, -0.05) is 0 Å². The molecule has 2 N–H and O–H groups in total. The van der Waals surface area contributed by atoms with Crippen LogP contribution in [0.2, 0.25) is 0 Å². The average molecular weight is 239 g/mol. The van der Waals surface area contributed by atoms with Gasteiger partial charge in [0.15, 0.2) is 5.69 Å². The normalized spacial score (nSPS) is 9.94. The molecule has 1 rings (SSSR count). The van der Waals surface area contributed by atoms with Crippen LogP contribution in [0.3, 0.4) is 0 Å². The van der Waals surface area contributed by atoms with E-state index in [1.165, 1.54) is 7.05 Å². The first-order valence-corrected chi connectivity index (χ1v) is 5.06. The lowest BCUT2D eigenvalue weighted by Crippen LogP contribution is -2.25. The van der Waals surface area contributed by atoms with E-state index in [1.54, 1.807) is 0 Å². The van der Waals surface area contributed by atoms with Crippen molar-refractivity contribution in [2.45, 2.75) is 19.4 Å². The molecule has 7 heteroatoms. The zero-order chi connectivity index (χ0) is 12.8. The number of hydrogen-bond donors (Lipinski definition) is 2. The largest absolute Gasteiger partial charge is 0.476 e. The third-order valence-electron chi connectivity index (χ3n) is 2.14. The SMILES string of the molecule is CNC(=O)CCCn1nc(C(=O)O)ccc1=O. The summed E-state index contributed by atoms with van der Waals surface area (Å²) in [5, 5.41) is 14.8. The maximum atomic E-state index is 11.3. The first-order valence-electron chi connectivity index (χ1n) is 5.06. The Hall–Kier alpha value is -2.18. The van der Waals surface area contributed by atoms with Crippen molar-refractivity contribution >= 4 is 11.9 Å². The topological polar surface area (TPSA) is 101 Å². The lowest BCUT2D eigenvalue weighted by atomic mass is 10.3. The molecule has 0 fully saturated rings. The highest BCUT2D eigenvalue weighted by Crippen LogP contribution is 1.94. The van der Waals surface area contributed by atoms with Crippen LogP contribution in [0.15, 0.2) is 16.9 Å². The molecule has 0 aliphatic rings. The maximum absolute atomic E-state index is 11.3. The van der Waals surface area contributed by atoms with Crippen LogP contribution in [0.25, 0.3) is 0 Å². The number of aryl methyl sites for hydroxylation is 1. The van der Waals surface area contributed by atoms with Crippen molar-refractivity contribution < 1.29 is 14.7 Å². The highest BCUT2D eigenvalue weighted by Gasteiger charge is 2.07. The molecule has 0 bridgehead atoms. The monoisotopic (exact) mass is 239 g/mol. The molecule has 7 nitrogen and oxygen atoms in total. The number of rotatable bonds is 5. The van der Waals surface area contributed by atoms with E-state index in [0.29, 0.717) is 6.42 Å². The molecule has 0 unspecified atom stereocenters. The fourth-order valence-corrected chi connectivity index (χ4v) is 1.24. The second-order valence-corrected chi connectivity index (χ2v) is 3.36. The molecular formula is C10H13N3O4. The number of amides is 1. The number of aromatic nitrogens is 2. The van der Waals surface area contributed by atoms with Gasteiger partial charge in [-0.25, -0.2) is 9.48 Å². The predicted molar refractivity (Wildman–Crippen MR) is 58.8 cm³/mol. The second-order valence-electron chi connectivity index (χ2n) is 3.36. The van der Waals surface area contributed by atoms with Crippen LogP contribution in [-0.4, -0.2) is 33.8 Å². The third kappa shape index (κ3) is 3.71. The zero-order valence-electron chi connectivity index (χ0n) is 9.34. The van der Waals surface area contributed by atoms with Crippen molar-refractivity contribution in [2.24, 2.45) is 0 Å². The molecule has 0 aliphatic carbocycles. The van der Waals surface area contributed by atoms with Gasteiger partial charge in [-0.05, 0) is 12.5 Å². The zero-order valence-corrected chi connectivity index (χ0v) is 9.34. The van der Waals surface area contributed by atoms with Crippen LogP contribution in [0.5, 0.6) is 0 Å². The molecule has 0 saturated carbocycles. The predicted octanol–water partition coefficient (Wildman–Crippen LogP) is -0.532. The van der Waals surface area contributed by atoms with E-state index in [9.17, 15) is 14.4 Å². The van der Waals surface area contributed by atoms with Crippen molar-refractivity contribution in [3.8, 4) is 0 Å². The summed E-state index contributed by atoms with van der Waals surface area (Å²) in [6.07, 6.45) is 0.692. The van der Waals surface area contributed by atoms with E-state index in [4.69, 9.17) is 5.11 Å². The van der Waals surface area contributed by atoms with Crippen LogP contribution in [0.1, 0.15) is 23.3 Å². The quantitative estimate of drug-likeness (QED) is 0.719. The number of carbonyl (C=O) groups excluding carboxylic acids is 1. The van der Waals surface area contributed by atoms with E-state index in [1.807, 2.05) is 0 Å². The lowest BCUT2D eigenvalue weighted by molar-refractivity contribution is -0.120. The number of nitrogens with one attached hydrogen (secondary N) is 1. The fraction of sp³-hybridized carbons (Fsp3) is 0.400. The molecule has 1 aromatic rings. The first-order chi connectivity index (χ1) is 8.04. The third-order valence-corrected chi connectivity index (χ3v) is 2.14. The number of carboxylic acid groups (broad SMARTS) is 1. The highest BCUT2D eigenvalue weighted by atomic mass is 16.4. The number of carbonyl (C=O) groups is 2. The van der Waals surface area contributed by atoms with E-state index < -0.39 is 5.97 Å². The van der Waals surface area contributed by atoms with E-state index in [-0.39, 0.29) is 30.1 Å². The summed E-state index contributed by atoms with van der Waals surface area (Å²) in [7, 11) is 1.53. The standard InChI is InChI=1S/C10H13N3O4/c1-11-8(14)3-2-6-13-9(15)5-4-7(12-13)10(16)17/h4-5H,2-3,6H2,1H3,(H,11,14)(H,16,17). The summed E-state index contributed by atoms with van der Waals surface area (Å²) in [5.74, 6) is -1.32. The van der Waals surface area contributed by atoms with Crippen molar-refractivity contribution in [1.29, 1.82) is 0 Å². The van der Waals surface area contributed by atoms with E-state index in [0.717, 1.165) is 16.8 Å². The van der Waals surface area contributed by atoms with Crippen molar-refractivity contribution in [1.82, 2.24) is 15.1 Å². The van der Waals surface area contributed by atoms with Gasteiger partial charge in [0, 0.05) is 26.1 Å². The maximum Gasteiger partial charge on any atom is 0.356 e. The summed E-state index contributed by atoms with van der Waals surface area (Å²) in [4.78, 5) is 32.9. The Morgan fingerprint density at radius 1 is 1.47 bits per heavy atom. The van der Waals surface area contributed by atoms with E-state index in [2.05, 4.69) is 10.4 Å². The Kier molecular flexibility index (Phi) is 4.38. The lowest BCUT2D eigenvalue weighted by Gasteiger charge is -2.04. The summed E-state index contributed by atoms with van der Waals surface area (Å²) >= 11 is 0. The Morgan fingerprint density at radius 3 is 2.76 bits per heavy atom. The van der Waals surface area contributed by atoms with Crippen LogP contribution >= 0.6 is 0 Å². The van der Waals surface area contributed by atoms with Gasteiger partial charge in [-0.3, -0.25) is 9.59 Å². The van der Waals surface area contributed by atoms with Gasteiger partial charge >= 0.3 is 5.97 Å². The van der Waals surface area contributed by atoms with Gasteiger partial charge in [0.1, 0.15) is 0 Å².